The summed E-state index contributed by atoms with van der Waals surface area (Å²) in [5, 5.41) is 7.25. The van der Waals surface area contributed by atoms with Crippen molar-refractivity contribution in [2.24, 2.45) is 0 Å². The Morgan fingerprint density at radius 1 is 1.35 bits per heavy atom. The van der Waals surface area contributed by atoms with E-state index in [-0.39, 0.29) is 17.9 Å². The maximum absolute atomic E-state index is 12.6. The SMILES string of the molecule is CCCN1CCC(NC(=O)c2cccc3ccnn23)CCC1=O. The molecule has 0 bridgehead atoms. The van der Waals surface area contributed by atoms with Gasteiger partial charge in [-0.1, -0.05) is 13.0 Å². The molecule has 3 rings (SSSR count). The Hall–Kier alpha value is -2.37. The van der Waals surface area contributed by atoms with Crippen molar-refractivity contribution >= 4 is 17.3 Å². The van der Waals surface area contributed by atoms with Gasteiger partial charge in [0.05, 0.1) is 11.7 Å². The topological polar surface area (TPSA) is 66.7 Å². The van der Waals surface area contributed by atoms with Crippen molar-refractivity contribution in [2.75, 3.05) is 13.1 Å². The van der Waals surface area contributed by atoms with E-state index in [1.54, 1.807) is 16.8 Å². The molecular weight excluding hydrogens is 292 g/mol. The smallest absolute Gasteiger partial charge is 0.270 e. The van der Waals surface area contributed by atoms with E-state index >= 15 is 0 Å². The van der Waals surface area contributed by atoms with Crippen molar-refractivity contribution in [1.29, 1.82) is 0 Å². The molecule has 0 aromatic carbocycles. The summed E-state index contributed by atoms with van der Waals surface area (Å²) in [6, 6.07) is 7.42. The molecular formula is C17H22N4O2. The summed E-state index contributed by atoms with van der Waals surface area (Å²) in [5.74, 6) is 0.0541. The Morgan fingerprint density at radius 3 is 3.04 bits per heavy atom. The molecule has 0 aliphatic carbocycles. The van der Waals surface area contributed by atoms with Gasteiger partial charge in [-0.3, -0.25) is 9.59 Å². The van der Waals surface area contributed by atoms with E-state index in [2.05, 4.69) is 17.3 Å². The first kappa shape index (κ1) is 15.5. The van der Waals surface area contributed by atoms with Crippen LogP contribution in [-0.4, -0.2) is 45.5 Å². The van der Waals surface area contributed by atoms with Crippen LogP contribution in [0.1, 0.15) is 43.1 Å². The van der Waals surface area contributed by atoms with Crippen molar-refractivity contribution in [3.63, 3.8) is 0 Å². The zero-order valence-corrected chi connectivity index (χ0v) is 13.4. The summed E-state index contributed by atoms with van der Waals surface area (Å²) in [4.78, 5) is 26.5. The van der Waals surface area contributed by atoms with Gasteiger partial charge >= 0.3 is 0 Å². The molecule has 1 N–H and O–H groups in total. The highest BCUT2D eigenvalue weighted by Crippen LogP contribution is 2.14. The summed E-state index contributed by atoms with van der Waals surface area (Å²) in [6.45, 7) is 3.58. The van der Waals surface area contributed by atoms with Crippen LogP contribution in [0.15, 0.2) is 30.5 Å². The minimum absolute atomic E-state index is 0.0270. The Balaban J connectivity index is 1.68. The maximum atomic E-state index is 12.6. The minimum atomic E-state index is -0.138. The van der Waals surface area contributed by atoms with Gasteiger partial charge in [0.2, 0.25) is 5.91 Å². The molecule has 0 saturated carbocycles. The van der Waals surface area contributed by atoms with Crippen molar-refractivity contribution in [3.8, 4) is 0 Å². The number of hydrogen-bond donors (Lipinski definition) is 1. The minimum Gasteiger partial charge on any atom is -0.348 e. The third-order valence-corrected chi connectivity index (χ3v) is 4.29. The average molecular weight is 314 g/mol. The highest BCUT2D eigenvalue weighted by atomic mass is 16.2. The van der Waals surface area contributed by atoms with Gasteiger partial charge in [0.1, 0.15) is 5.69 Å². The van der Waals surface area contributed by atoms with E-state index < -0.39 is 0 Å². The van der Waals surface area contributed by atoms with Crippen molar-refractivity contribution in [1.82, 2.24) is 19.8 Å². The van der Waals surface area contributed by atoms with Gasteiger partial charge in [-0.2, -0.15) is 5.10 Å². The van der Waals surface area contributed by atoms with E-state index in [0.717, 1.165) is 24.9 Å². The number of carbonyl (C=O) groups excluding carboxylic acids is 2. The summed E-state index contributed by atoms with van der Waals surface area (Å²) in [7, 11) is 0. The van der Waals surface area contributed by atoms with Gasteiger partial charge in [-0.25, -0.2) is 4.52 Å². The fourth-order valence-electron chi connectivity index (χ4n) is 3.07. The lowest BCUT2D eigenvalue weighted by Crippen LogP contribution is -2.37. The maximum Gasteiger partial charge on any atom is 0.270 e. The quantitative estimate of drug-likeness (QED) is 0.936. The molecule has 2 aromatic rings. The van der Waals surface area contributed by atoms with E-state index in [1.165, 1.54) is 0 Å². The van der Waals surface area contributed by atoms with Crippen LogP contribution in [0.25, 0.3) is 5.52 Å². The predicted octanol–water partition coefficient (Wildman–Crippen LogP) is 1.86. The zero-order chi connectivity index (χ0) is 16.2. The van der Waals surface area contributed by atoms with Gasteiger partial charge in [0.25, 0.3) is 5.91 Å². The van der Waals surface area contributed by atoms with Gasteiger partial charge in [-0.15, -0.1) is 0 Å². The normalized spacial score (nSPS) is 18.9. The van der Waals surface area contributed by atoms with E-state index in [1.807, 2.05) is 23.1 Å². The van der Waals surface area contributed by atoms with Gasteiger partial charge in [0, 0.05) is 25.6 Å². The lowest BCUT2D eigenvalue weighted by Gasteiger charge is -2.20. The Bertz CT molecular complexity index is 709. The highest BCUT2D eigenvalue weighted by Gasteiger charge is 2.23. The number of nitrogens with zero attached hydrogens (tertiary/aromatic N) is 3. The van der Waals surface area contributed by atoms with Crippen LogP contribution in [0.2, 0.25) is 0 Å². The molecule has 2 aromatic heterocycles. The van der Waals surface area contributed by atoms with Crippen molar-refractivity contribution in [3.05, 3.63) is 36.2 Å². The van der Waals surface area contributed by atoms with Crippen LogP contribution < -0.4 is 5.32 Å². The lowest BCUT2D eigenvalue weighted by molar-refractivity contribution is -0.130. The summed E-state index contributed by atoms with van der Waals surface area (Å²) < 4.78 is 1.64. The third kappa shape index (κ3) is 3.36. The second kappa shape index (κ2) is 6.81. The lowest BCUT2D eigenvalue weighted by atomic mass is 10.1. The highest BCUT2D eigenvalue weighted by molar-refractivity contribution is 5.93. The fraction of sp³-hybridized carbons (Fsp3) is 0.471. The zero-order valence-electron chi connectivity index (χ0n) is 13.4. The van der Waals surface area contributed by atoms with Crippen LogP contribution in [0, 0.1) is 0 Å². The molecule has 1 saturated heterocycles. The Kier molecular flexibility index (Phi) is 4.60. The van der Waals surface area contributed by atoms with E-state index in [9.17, 15) is 9.59 Å². The summed E-state index contributed by atoms with van der Waals surface area (Å²) in [5.41, 5.74) is 1.41. The molecule has 23 heavy (non-hydrogen) atoms. The van der Waals surface area contributed by atoms with Crippen LogP contribution in [-0.2, 0) is 4.79 Å². The second-order valence-electron chi connectivity index (χ2n) is 5.96. The first-order valence-electron chi connectivity index (χ1n) is 8.20. The van der Waals surface area contributed by atoms with Gasteiger partial charge in [-0.05, 0) is 37.5 Å². The van der Waals surface area contributed by atoms with E-state index in [4.69, 9.17) is 0 Å². The molecule has 0 radical (unpaired) electrons. The Labute approximate surface area is 135 Å². The van der Waals surface area contributed by atoms with Crippen molar-refractivity contribution in [2.45, 2.75) is 38.6 Å². The molecule has 0 spiro atoms. The van der Waals surface area contributed by atoms with Crippen molar-refractivity contribution < 1.29 is 9.59 Å². The molecule has 122 valence electrons. The van der Waals surface area contributed by atoms with Crippen LogP contribution in [0.5, 0.6) is 0 Å². The average Bonchev–Trinajstić information content (AvgIpc) is 2.97. The van der Waals surface area contributed by atoms with Gasteiger partial charge < -0.3 is 10.2 Å². The van der Waals surface area contributed by atoms with Gasteiger partial charge in [0.15, 0.2) is 0 Å². The number of carbonyl (C=O) groups is 2. The third-order valence-electron chi connectivity index (χ3n) is 4.29. The molecule has 1 atom stereocenters. The standard InChI is InChI=1S/C17H22N4O2/c1-2-11-20-12-9-13(6-7-16(20)22)19-17(23)15-5-3-4-14-8-10-18-21(14)15/h3-5,8,10,13H,2,6-7,9,11-12H2,1H3,(H,19,23). The van der Waals surface area contributed by atoms with Crippen LogP contribution >= 0.6 is 0 Å². The number of likely N-dealkylation sites (tertiary alicyclic amines) is 1. The number of aromatic nitrogens is 2. The number of pyridine rings is 1. The molecule has 6 nitrogen and oxygen atoms in total. The van der Waals surface area contributed by atoms with Crippen LogP contribution in [0.4, 0.5) is 0 Å². The first-order valence-corrected chi connectivity index (χ1v) is 8.20. The summed E-state index contributed by atoms with van der Waals surface area (Å²) >= 11 is 0. The molecule has 1 aliphatic heterocycles. The molecule has 1 unspecified atom stereocenters. The molecule has 2 amide bonds. The molecule has 6 heteroatoms. The molecule has 1 aliphatic rings. The summed E-state index contributed by atoms with van der Waals surface area (Å²) in [6.07, 6.45) is 4.63. The first-order chi connectivity index (χ1) is 11.2. The number of nitrogens with one attached hydrogen (secondary N) is 1. The predicted molar refractivity (Wildman–Crippen MR) is 87.2 cm³/mol. The number of hydrogen-bond acceptors (Lipinski definition) is 3. The second-order valence-corrected chi connectivity index (χ2v) is 5.96. The Morgan fingerprint density at radius 2 is 2.22 bits per heavy atom. The largest absolute Gasteiger partial charge is 0.348 e. The number of amides is 2. The monoisotopic (exact) mass is 314 g/mol. The van der Waals surface area contributed by atoms with E-state index in [0.29, 0.717) is 25.1 Å². The fourth-order valence-corrected chi connectivity index (χ4v) is 3.07. The number of rotatable bonds is 4. The number of fused-ring (bicyclic) bond motifs is 1. The molecule has 3 heterocycles. The van der Waals surface area contributed by atoms with Crippen LogP contribution in [0.3, 0.4) is 0 Å². The molecule has 1 fully saturated rings.